The summed E-state index contributed by atoms with van der Waals surface area (Å²) in [6.45, 7) is 2.60. The van der Waals surface area contributed by atoms with E-state index in [-0.39, 0.29) is 5.78 Å². The van der Waals surface area contributed by atoms with Crippen molar-refractivity contribution in [1.82, 2.24) is 0 Å². The number of rotatable bonds is 5. The van der Waals surface area contributed by atoms with E-state index in [0.717, 1.165) is 14.9 Å². The van der Waals surface area contributed by atoms with Gasteiger partial charge in [0.25, 0.3) is 0 Å². The van der Waals surface area contributed by atoms with Crippen LogP contribution in [0.25, 0.3) is 0 Å². The highest BCUT2D eigenvalue weighted by atomic mass is 127. The first-order chi connectivity index (χ1) is 7.17. The summed E-state index contributed by atoms with van der Waals surface area (Å²) in [6.07, 6.45) is 0.461. The summed E-state index contributed by atoms with van der Waals surface area (Å²) in [6, 6.07) is 5.87. The van der Waals surface area contributed by atoms with Gasteiger partial charge in [-0.15, -0.1) is 0 Å². The standard InChI is InChI=1S/C11H12BrIO2/c1-2-15-11-6-8(3-4-10(11)13)5-9(14)7-12/h3-4,6H,2,5,7H2,1H3. The molecule has 0 aromatic heterocycles. The maximum atomic E-state index is 11.2. The Hall–Kier alpha value is -0.100. The molecule has 0 amide bonds. The van der Waals surface area contributed by atoms with Crippen molar-refractivity contribution in [2.45, 2.75) is 13.3 Å². The van der Waals surface area contributed by atoms with Gasteiger partial charge in [-0.2, -0.15) is 0 Å². The molecular formula is C11H12BrIO2. The highest BCUT2D eigenvalue weighted by molar-refractivity contribution is 14.1. The van der Waals surface area contributed by atoms with Crippen LogP contribution in [-0.4, -0.2) is 17.7 Å². The molecule has 0 aliphatic carbocycles. The van der Waals surface area contributed by atoms with E-state index in [1.54, 1.807) is 0 Å². The second-order valence-electron chi connectivity index (χ2n) is 3.05. The summed E-state index contributed by atoms with van der Waals surface area (Å²) in [7, 11) is 0. The van der Waals surface area contributed by atoms with E-state index in [4.69, 9.17) is 4.74 Å². The lowest BCUT2D eigenvalue weighted by Gasteiger charge is -2.07. The number of hydrogen-bond donors (Lipinski definition) is 0. The van der Waals surface area contributed by atoms with Gasteiger partial charge in [0.05, 0.1) is 15.5 Å². The topological polar surface area (TPSA) is 26.3 Å². The summed E-state index contributed by atoms with van der Waals surface area (Å²) in [4.78, 5) is 11.2. The van der Waals surface area contributed by atoms with Crippen molar-refractivity contribution in [3.8, 4) is 5.75 Å². The lowest BCUT2D eigenvalue weighted by molar-refractivity contribution is -0.115. The van der Waals surface area contributed by atoms with Gasteiger partial charge >= 0.3 is 0 Å². The third kappa shape index (κ3) is 4.10. The molecule has 1 rings (SSSR count). The first-order valence-electron chi connectivity index (χ1n) is 4.66. The maximum absolute atomic E-state index is 11.2. The number of hydrogen-bond acceptors (Lipinski definition) is 2. The zero-order valence-electron chi connectivity index (χ0n) is 8.43. The Labute approximate surface area is 112 Å². The molecule has 1 aromatic rings. The van der Waals surface area contributed by atoms with Crippen molar-refractivity contribution in [3.05, 3.63) is 27.3 Å². The van der Waals surface area contributed by atoms with Crippen LogP contribution in [0.2, 0.25) is 0 Å². The van der Waals surface area contributed by atoms with Crippen LogP contribution < -0.4 is 4.74 Å². The Bertz CT molecular complexity index is 352. The quantitative estimate of drug-likeness (QED) is 0.577. The largest absolute Gasteiger partial charge is 0.493 e. The lowest BCUT2D eigenvalue weighted by atomic mass is 10.1. The molecule has 0 aliphatic rings. The summed E-state index contributed by atoms with van der Waals surface area (Å²) in [5.41, 5.74) is 1.00. The van der Waals surface area contributed by atoms with Gasteiger partial charge in [-0.1, -0.05) is 22.0 Å². The zero-order valence-corrected chi connectivity index (χ0v) is 12.2. The van der Waals surface area contributed by atoms with E-state index in [2.05, 4.69) is 38.5 Å². The number of Topliss-reactive ketones (excluding diaryl/α,β-unsaturated/α-hetero) is 1. The second-order valence-corrected chi connectivity index (χ2v) is 4.77. The number of ether oxygens (including phenoxy) is 1. The Morgan fingerprint density at radius 2 is 2.27 bits per heavy atom. The van der Waals surface area contributed by atoms with E-state index in [9.17, 15) is 4.79 Å². The predicted octanol–water partition coefficient (Wildman–Crippen LogP) is 3.20. The van der Waals surface area contributed by atoms with Crippen LogP contribution in [0.1, 0.15) is 12.5 Å². The van der Waals surface area contributed by atoms with Crippen molar-refractivity contribution in [1.29, 1.82) is 0 Å². The van der Waals surface area contributed by atoms with Crippen molar-refractivity contribution in [2.24, 2.45) is 0 Å². The highest BCUT2D eigenvalue weighted by Gasteiger charge is 2.05. The number of alkyl halides is 1. The van der Waals surface area contributed by atoms with Crippen molar-refractivity contribution in [2.75, 3.05) is 11.9 Å². The number of carbonyl (C=O) groups excluding carboxylic acids is 1. The minimum atomic E-state index is 0.179. The summed E-state index contributed by atoms with van der Waals surface area (Å²) in [5.74, 6) is 1.04. The Kier molecular flexibility index (Phi) is 5.60. The molecule has 0 bridgehead atoms. The maximum Gasteiger partial charge on any atom is 0.147 e. The van der Waals surface area contributed by atoms with Crippen LogP contribution in [0, 0.1) is 3.57 Å². The Balaban J connectivity index is 2.82. The Morgan fingerprint density at radius 3 is 2.87 bits per heavy atom. The molecule has 0 saturated heterocycles. The number of carbonyl (C=O) groups is 1. The Morgan fingerprint density at radius 1 is 1.53 bits per heavy atom. The van der Waals surface area contributed by atoms with E-state index in [1.807, 2.05) is 25.1 Å². The molecule has 15 heavy (non-hydrogen) atoms. The fraction of sp³-hybridized carbons (Fsp3) is 0.364. The SMILES string of the molecule is CCOc1cc(CC(=O)CBr)ccc1I. The van der Waals surface area contributed by atoms with Gasteiger partial charge in [0.1, 0.15) is 11.5 Å². The molecule has 0 N–H and O–H groups in total. The molecule has 0 heterocycles. The van der Waals surface area contributed by atoms with Crippen LogP contribution in [0.5, 0.6) is 5.75 Å². The van der Waals surface area contributed by atoms with Crippen LogP contribution >= 0.6 is 38.5 Å². The molecule has 0 saturated carbocycles. The number of halogens is 2. The van der Waals surface area contributed by atoms with Crippen LogP contribution in [-0.2, 0) is 11.2 Å². The van der Waals surface area contributed by atoms with Crippen molar-refractivity contribution >= 4 is 44.3 Å². The third-order valence-electron chi connectivity index (χ3n) is 1.85. The fourth-order valence-corrected chi connectivity index (χ4v) is 1.89. The van der Waals surface area contributed by atoms with Crippen molar-refractivity contribution in [3.63, 3.8) is 0 Å². The van der Waals surface area contributed by atoms with Gasteiger partial charge in [0.2, 0.25) is 0 Å². The smallest absolute Gasteiger partial charge is 0.147 e. The third-order valence-corrected chi connectivity index (χ3v) is 3.36. The molecule has 0 radical (unpaired) electrons. The van der Waals surface area contributed by atoms with Gasteiger partial charge in [-0.3, -0.25) is 4.79 Å². The average Bonchev–Trinajstić information content (AvgIpc) is 2.23. The van der Waals surface area contributed by atoms with E-state index in [0.29, 0.717) is 18.4 Å². The van der Waals surface area contributed by atoms with E-state index >= 15 is 0 Å². The molecular weight excluding hydrogens is 371 g/mol. The molecule has 82 valence electrons. The monoisotopic (exact) mass is 382 g/mol. The second kappa shape index (κ2) is 6.48. The van der Waals surface area contributed by atoms with Crippen LogP contribution in [0.4, 0.5) is 0 Å². The van der Waals surface area contributed by atoms with Gasteiger partial charge in [-0.25, -0.2) is 0 Å². The lowest BCUT2D eigenvalue weighted by Crippen LogP contribution is -2.04. The molecule has 0 spiro atoms. The first-order valence-corrected chi connectivity index (χ1v) is 6.86. The molecule has 0 atom stereocenters. The normalized spacial score (nSPS) is 10.1. The molecule has 0 aliphatic heterocycles. The molecule has 0 unspecified atom stereocenters. The zero-order chi connectivity index (χ0) is 11.3. The van der Waals surface area contributed by atoms with Gasteiger partial charge in [0.15, 0.2) is 0 Å². The fourth-order valence-electron chi connectivity index (χ4n) is 1.20. The highest BCUT2D eigenvalue weighted by Crippen LogP contribution is 2.22. The molecule has 0 fully saturated rings. The average molecular weight is 383 g/mol. The molecule has 4 heteroatoms. The minimum Gasteiger partial charge on any atom is -0.493 e. The van der Waals surface area contributed by atoms with E-state index < -0.39 is 0 Å². The predicted molar refractivity (Wildman–Crippen MR) is 72.8 cm³/mol. The summed E-state index contributed by atoms with van der Waals surface area (Å²) >= 11 is 5.38. The number of ketones is 1. The molecule has 2 nitrogen and oxygen atoms in total. The van der Waals surface area contributed by atoms with E-state index in [1.165, 1.54) is 0 Å². The summed E-state index contributed by atoms with van der Waals surface area (Å²) in [5, 5.41) is 0.406. The van der Waals surface area contributed by atoms with Crippen molar-refractivity contribution < 1.29 is 9.53 Å². The van der Waals surface area contributed by atoms with Crippen LogP contribution in [0.3, 0.4) is 0 Å². The minimum absolute atomic E-state index is 0.179. The van der Waals surface area contributed by atoms with Gasteiger partial charge in [0, 0.05) is 6.42 Å². The summed E-state index contributed by atoms with van der Waals surface area (Å²) < 4.78 is 6.54. The first kappa shape index (κ1) is 13.0. The van der Waals surface area contributed by atoms with Crippen LogP contribution in [0.15, 0.2) is 18.2 Å². The van der Waals surface area contributed by atoms with Gasteiger partial charge in [-0.05, 0) is 47.2 Å². The molecule has 1 aromatic carbocycles. The van der Waals surface area contributed by atoms with Gasteiger partial charge < -0.3 is 4.74 Å². The number of benzene rings is 1.